The Bertz CT molecular complexity index is 471. The number of pyridine rings is 1. The van der Waals surface area contributed by atoms with Crippen LogP contribution in [0.2, 0.25) is 0 Å². The maximum absolute atomic E-state index is 10.9. The highest BCUT2D eigenvalue weighted by atomic mass is 16.4. The first-order valence-corrected chi connectivity index (χ1v) is 4.00. The minimum absolute atomic E-state index is 0.343. The third kappa shape index (κ3) is 1.09. The third-order valence-electron chi connectivity index (χ3n) is 2.07. The van der Waals surface area contributed by atoms with E-state index in [-0.39, 0.29) is 0 Å². The molecule has 13 heavy (non-hydrogen) atoms. The number of hydrogen-bond donors (Lipinski definition) is 1. The van der Waals surface area contributed by atoms with Crippen LogP contribution < -0.4 is 0 Å². The summed E-state index contributed by atoms with van der Waals surface area (Å²) in [4.78, 5) is 10.9. The number of aromatic carboxylic acids is 1. The number of rotatable bonds is 1. The van der Waals surface area contributed by atoms with E-state index in [0.29, 0.717) is 5.69 Å². The van der Waals surface area contributed by atoms with Crippen molar-refractivity contribution in [3.8, 4) is 0 Å². The van der Waals surface area contributed by atoms with Crippen LogP contribution in [0, 0.1) is 6.92 Å². The molecule has 3 heteroatoms. The molecule has 0 aliphatic heterocycles. The molecule has 0 aliphatic carbocycles. The Morgan fingerprint density at radius 2 is 2.23 bits per heavy atom. The van der Waals surface area contributed by atoms with Crippen LogP contribution in [0.15, 0.2) is 30.5 Å². The van der Waals surface area contributed by atoms with Crippen LogP contribution in [0.4, 0.5) is 0 Å². The number of carbonyl (C=O) groups is 1. The van der Waals surface area contributed by atoms with E-state index >= 15 is 0 Å². The van der Waals surface area contributed by atoms with Gasteiger partial charge >= 0.3 is 5.97 Å². The second kappa shape index (κ2) is 2.62. The van der Waals surface area contributed by atoms with Gasteiger partial charge in [0.15, 0.2) is 0 Å². The fourth-order valence-electron chi connectivity index (χ4n) is 1.53. The smallest absolute Gasteiger partial charge is 0.353 e. The molecule has 0 spiro atoms. The molecule has 0 saturated heterocycles. The van der Waals surface area contributed by atoms with Gasteiger partial charge in [0, 0.05) is 11.7 Å². The fraction of sp³-hybridized carbons (Fsp3) is 0.100. The number of aromatic nitrogens is 1. The van der Waals surface area contributed by atoms with Crippen molar-refractivity contribution >= 4 is 11.5 Å². The van der Waals surface area contributed by atoms with Crippen molar-refractivity contribution in [3.63, 3.8) is 0 Å². The van der Waals surface area contributed by atoms with Crippen molar-refractivity contribution < 1.29 is 9.90 Å². The summed E-state index contributed by atoms with van der Waals surface area (Å²) >= 11 is 0. The van der Waals surface area contributed by atoms with Crippen molar-refractivity contribution in [2.45, 2.75) is 6.92 Å². The Morgan fingerprint density at radius 3 is 2.92 bits per heavy atom. The SMILES string of the molecule is Cc1cc2ccccn2c1C(=O)O. The predicted octanol–water partition coefficient (Wildman–Crippen LogP) is 1.95. The quantitative estimate of drug-likeness (QED) is 0.719. The van der Waals surface area contributed by atoms with Gasteiger partial charge in [-0.2, -0.15) is 0 Å². The third-order valence-corrected chi connectivity index (χ3v) is 2.07. The van der Waals surface area contributed by atoms with Gasteiger partial charge in [-0.1, -0.05) is 6.07 Å². The Kier molecular flexibility index (Phi) is 1.59. The lowest BCUT2D eigenvalue weighted by atomic mass is 10.3. The van der Waals surface area contributed by atoms with Gasteiger partial charge in [-0.05, 0) is 30.7 Å². The summed E-state index contributed by atoms with van der Waals surface area (Å²) in [6.07, 6.45) is 1.76. The molecule has 0 radical (unpaired) electrons. The van der Waals surface area contributed by atoms with Crippen molar-refractivity contribution in [3.05, 3.63) is 41.7 Å². The first-order valence-electron chi connectivity index (χ1n) is 4.00. The van der Waals surface area contributed by atoms with Gasteiger partial charge < -0.3 is 9.51 Å². The first kappa shape index (κ1) is 7.86. The summed E-state index contributed by atoms with van der Waals surface area (Å²) in [5.74, 6) is -0.885. The van der Waals surface area contributed by atoms with Crippen LogP contribution in [0.1, 0.15) is 16.1 Å². The molecule has 2 heterocycles. The van der Waals surface area contributed by atoms with Gasteiger partial charge in [0.1, 0.15) is 5.69 Å². The highest BCUT2D eigenvalue weighted by Crippen LogP contribution is 2.15. The average molecular weight is 175 g/mol. The Labute approximate surface area is 75.2 Å². The summed E-state index contributed by atoms with van der Waals surface area (Å²) in [7, 11) is 0. The molecule has 0 atom stereocenters. The van der Waals surface area contributed by atoms with Crippen LogP contribution >= 0.6 is 0 Å². The standard InChI is InChI=1S/C10H9NO2/c1-7-6-8-4-2-3-5-11(8)9(7)10(12)13/h2-6H,1H3,(H,12,13). The highest BCUT2D eigenvalue weighted by Gasteiger charge is 2.12. The van der Waals surface area contributed by atoms with Gasteiger partial charge in [0.05, 0.1) is 0 Å². The van der Waals surface area contributed by atoms with E-state index < -0.39 is 5.97 Å². The monoisotopic (exact) mass is 175 g/mol. The molecule has 0 unspecified atom stereocenters. The Balaban J connectivity index is 2.86. The zero-order valence-electron chi connectivity index (χ0n) is 7.19. The number of nitrogens with zero attached hydrogens (tertiary/aromatic N) is 1. The summed E-state index contributed by atoms with van der Waals surface area (Å²) < 4.78 is 1.68. The van der Waals surface area contributed by atoms with Crippen LogP contribution in [-0.2, 0) is 0 Å². The highest BCUT2D eigenvalue weighted by molar-refractivity contribution is 5.89. The lowest BCUT2D eigenvalue weighted by molar-refractivity contribution is 0.0688. The zero-order chi connectivity index (χ0) is 9.42. The summed E-state index contributed by atoms with van der Waals surface area (Å²) in [5, 5.41) is 8.93. The predicted molar refractivity (Wildman–Crippen MR) is 49.1 cm³/mol. The Hall–Kier alpha value is -1.77. The molecule has 0 fully saturated rings. The average Bonchev–Trinajstić information content (AvgIpc) is 2.39. The summed E-state index contributed by atoms with van der Waals surface area (Å²) in [6, 6.07) is 7.46. The van der Waals surface area contributed by atoms with E-state index in [1.165, 1.54) is 0 Å². The van der Waals surface area contributed by atoms with Crippen LogP contribution in [0.3, 0.4) is 0 Å². The molecule has 1 N–H and O–H groups in total. The minimum atomic E-state index is -0.885. The van der Waals surface area contributed by atoms with E-state index in [4.69, 9.17) is 5.11 Å². The number of hydrogen-bond acceptors (Lipinski definition) is 1. The van der Waals surface area contributed by atoms with E-state index in [0.717, 1.165) is 11.1 Å². The molecule has 0 saturated carbocycles. The normalized spacial score (nSPS) is 10.5. The van der Waals surface area contributed by atoms with E-state index in [1.54, 1.807) is 17.5 Å². The van der Waals surface area contributed by atoms with Crippen molar-refractivity contribution in [2.75, 3.05) is 0 Å². The van der Waals surface area contributed by atoms with Crippen LogP contribution in [0.25, 0.3) is 5.52 Å². The largest absolute Gasteiger partial charge is 0.477 e. The second-order valence-electron chi connectivity index (χ2n) is 2.98. The molecular weight excluding hydrogens is 166 g/mol. The molecule has 66 valence electrons. The number of carboxylic acid groups (broad SMARTS) is 1. The Morgan fingerprint density at radius 1 is 1.46 bits per heavy atom. The van der Waals surface area contributed by atoms with Crippen LogP contribution in [0.5, 0.6) is 0 Å². The molecule has 2 rings (SSSR count). The molecule has 0 aliphatic rings. The van der Waals surface area contributed by atoms with E-state index in [9.17, 15) is 4.79 Å². The van der Waals surface area contributed by atoms with Crippen LogP contribution in [-0.4, -0.2) is 15.5 Å². The molecule has 0 amide bonds. The van der Waals surface area contributed by atoms with Crippen molar-refractivity contribution in [1.82, 2.24) is 4.40 Å². The summed E-state index contributed by atoms with van der Waals surface area (Å²) in [6.45, 7) is 1.80. The van der Waals surface area contributed by atoms with Gasteiger partial charge in [-0.25, -0.2) is 4.79 Å². The van der Waals surface area contributed by atoms with Gasteiger partial charge in [0.25, 0.3) is 0 Å². The van der Waals surface area contributed by atoms with E-state index in [1.807, 2.05) is 24.3 Å². The van der Waals surface area contributed by atoms with Crippen molar-refractivity contribution in [1.29, 1.82) is 0 Å². The fourth-order valence-corrected chi connectivity index (χ4v) is 1.53. The lowest BCUT2D eigenvalue weighted by Gasteiger charge is -1.97. The molecule has 3 nitrogen and oxygen atoms in total. The summed E-state index contributed by atoms with van der Waals surface area (Å²) in [5.41, 5.74) is 2.05. The maximum Gasteiger partial charge on any atom is 0.353 e. The maximum atomic E-state index is 10.9. The second-order valence-corrected chi connectivity index (χ2v) is 2.98. The molecule has 2 aromatic rings. The molecule has 0 aromatic carbocycles. The molecule has 0 bridgehead atoms. The van der Waals surface area contributed by atoms with Gasteiger partial charge in [-0.3, -0.25) is 0 Å². The minimum Gasteiger partial charge on any atom is -0.477 e. The number of fused-ring (bicyclic) bond motifs is 1. The number of carboxylic acids is 1. The van der Waals surface area contributed by atoms with E-state index in [2.05, 4.69) is 0 Å². The van der Waals surface area contributed by atoms with Gasteiger partial charge in [-0.15, -0.1) is 0 Å². The molecular formula is C10H9NO2. The van der Waals surface area contributed by atoms with Crippen molar-refractivity contribution in [2.24, 2.45) is 0 Å². The van der Waals surface area contributed by atoms with Gasteiger partial charge in [0.2, 0.25) is 0 Å². The number of aryl methyl sites for hydroxylation is 1. The zero-order valence-corrected chi connectivity index (χ0v) is 7.19. The molecule has 2 aromatic heterocycles. The first-order chi connectivity index (χ1) is 6.20. The lowest BCUT2D eigenvalue weighted by Crippen LogP contribution is -2.02. The topological polar surface area (TPSA) is 41.7 Å².